The number of aryl methyl sites for hydroxylation is 1. The highest BCUT2D eigenvalue weighted by atomic mass is 16.3. The zero-order chi connectivity index (χ0) is 23.3. The van der Waals surface area contributed by atoms with Gasteiger partial charge in [-0.05, 0) is 52.9 Å². The smallest absolute Gasteiger partial charge is 0.290 e. The number of aliphatic hydroxyl groups is 1. The van der Waals surface area contributed by atoms with E-state index >= 15 is 0 Å². The second kappa shape index (κ2) is 19.7. The zero-order valence-electron chi connectivity index (χ0n) is 19.3. The number of hydrogen-bond acceptors (Lipinski definition) is 7. The van der Waals surface area contributed by atoms with Crippen LogP contribution >= 0.6 is 0 Å². The van der Waals surface area contributed by atoms with Gasteiger partial charge in [-0.1, -0.05) is 43.7 Å². The van der Waals surface area contributed by atoms with Crippen molar-refractivity contribution < 1.29 is 19.4 Å². The van der Waals surface area contributed by atoms with Gasteiger partial charge in [0.25, 0.3) is 6.47 Å². The van der Waals surface area contributed by atoms with Crippen LogP contribution in [0.2, 0.25) is 0 Å². The Balaban J connectivity index is 0.000000413. The van der Waals surface area contributed by atoms with Crippen LogP contribution in [0, 0.1) is 6.92 Å². The topological polar surface area (TPSA) is 120 Å². The SMILES string of the molecule is CC.CNCCC1CCN1.Cc1ccc(-c2cnco2)cc1.O=CO.OC1CCNC1. The van der Waals surface area contributed by atoms with Gasteiger partial charge in [0.05, 0.1) is 12.3 Å². The van der Waals surface area contributed by atoms with Gasteiger partial charge in [0.1, 0.15) is 0 Å². The van der Waals surface area contributed by atoms with Gasteiger partial charge in [-0.25, -0.2) is 4.98 Å². The Hall–Kier alpha value is -2.26. The molecule has 2 aliphatic rings. The third kappa shape index (κ3) is 14.4. The van der Waals surface area contributed by atoms with Crippen molar-refractivity contribution in [2.24, 2.45) is 0 Å². The summed E-state index contributed by atoms with van der Waals surface area (Å²) in [6.45, 7) is 9.97. The molecule has 2 fully saturated rings. The summed E-state index contributed by atoms with van der Waals surface area (Å²) in [5, 5.41) is 25.0. The minimum absolute atomic E-state index is 0.0648. The van der Waals surface area contributed by atoms with Crippen molar-refractivity contribution >= 4 is 6.47 Å². The van der Waals surface area contributed by atoms with Crippen molar-refractivity contribution in [3.8, 4) is 11.3 Å². The highest BCUT2D eigenvalue weighted by molar-refractivity contribution is 5.56. The first kappa shape index (κ1) is 28.7. The van der Waals surface area contributed by atoms with Crippen molar-refractivity contribution in [3.05, 3.63) is 42.4 Å². The number of carboxylic acid groups (broad SMARTS) is 1. The quantitative estimate of drug-likeness (QED) is 0.464. The number of nitrogens with zero attached hydrogens (tertiary/aromatic N) is 1. The van der Waals surface area contributed by atoms with E-state index < -0.39 is 0 Å². The summed E-state index contributed by atoms with van der Waals surface area (Å²) in [5.41, 5.74) is 2.32. The van der Waals surface area contributed by atoms with E-state index in [1.807, 2.05) is 33.0 Å². The zero-order valence-corrected chi connectivity index (χ0v) is 19.3. The molecule has 8 heteroatoms. The maximum Gasteiger partial charge on any atom is 0.290 e. The van der Waals surface area contributed by atoms with Crippen LogP contribution in [0.25, 0.3) is 11.3 Å². The van der Waals surface area contributed by atoms with Crippen molar-refractivity contribution in [3.63, 3.8) is 0 Å². The van der Waals surface area contributed by atoms with E-state index in [0.717, 1.165) is 43.4 Å². The van der Waals surface area contributed by atoms with Gasteiger partial charge >= 0.3 is 0 Å². The molecule has 1 aromatic carbocycles. The molecule has 176 valence electrons. The average molecular weight is 437 g/mol. The molecule has 2 aliphatic heterocycles. The van der Waals surface area contributed by atoms with E-state index in [0.29, 0.717) is 0 Å². The van der Waals surface area contributed by atoms with Crippen molar-refractivity contribution in [2.45, 2.75) is 52.2 Å². The van der Waals surface area contributed by atoms with E-state index in [-0.39, 0.29) is 12.6 Å². The molecule has 0 bridgehead atoms. The fourth-order valence-electron chi connectivity index (χ4n) is 2.63. The molecule has 8 nitrogen and oxygen atoms in total. The third-order valence-electron chi connectivity index (χ3n) is 4.47. The second-order valence-electron chi connectivity index (χ2n) is 6.82. The summed E-state index contributed by atoms with van der Waals surface area (Å²) in [4.78, 5) is 12.2. The summed E-state index contributed by atoms with van der Waals surface area (Å²) in [5.74, 6) is 0.815. The number of hydrogen-bond donors (Lipinski definition) is 5. The minimum atomic E-state index is -0.250. The molecular formula is C23H40N4O4. The van der Waals surface area contributed by atoms with E-state index in [9.17, 15) is 0 Å². The largest absolute Gasteiger partial charge is 0.483 e. The fraction of sp³-hybridized carbons (Fsp3) is 0.565. The van der Waals surface area contributed by atoms with Gasteiger partial charge in [-0.15, -0.1) is 0 Å². The number of carbonyl (C=O) groups is 1. The predicted molar refractivity (Wildman–Crippen MR) is 125 cm³/mol. The lowest BCUT2D eigenvalue weighted by Gasteiger charge is -2.27. The number of β-amino-alcohol motifs (C(OH)–C–C–N with tert-alkyl or cyclic N) is 1. The van der Waals surface area contributed by atoms with Crippen molar-refractivity contribution in [1.82, 2.24) is 20.9 Å². The summed E-state index contributed by atoms with van der Waals surface area (Å²) < 4.78 is 5.15. The van der Waals surface area contributed by atoms with Gasteiger partial charge in [0, 0.05) is 18.2 Å². The van der Waals surface area contributed by atoms with Crippen LogP contribution in [-0.4, -0.2) is 67.0 Å². The molecular weight excluding hydrogens is 396 g/mol. The predicted octanol–water partition coefficient (Wildman–Crippen LogP) is 2.68. The number of aliphatic hydroxyl groups excluding tert-OH is 1. The third-order valence-corrected chi connectivity index (χ3v) is 4.47. The van der Waals surface area contributed by atoms with Crippen molar-refractivity contribution in [1.29, 1.82) is 0 Å². The summed E-state index contributed by atoms with van der Waals surface area (Å²) >= 11 is 0. The van der Waals surface area contributed by atoms with E-state index in [2.05, 4.69) is 40.0 Å². The number of oxazole rings is 1. The minimum Gasteiger partial charge on any atom is -0.483 e. The highest BCUT2D eigenvalue weighted by Gasteiger charge is 2.14. The number of rotatable bonds is 4. The van der Waals surface area contributed by atoms with E-state index in [1.165, 1.54) is 31.3 Å². The average Bonchev–Trinajstić information content (AvgIpc) is 3.45. The molecule has 0 saturated carbocycles. The Labute approximate surface area is 186 Å². The monoisotopic (exact) mass is 436 g/mol. The van der Waals surface area contributed by atoms with Gasteiger partial charge in [-0.3, -0.25) is 4.79 Å². The first-order valence-corrected chi connectivity index (χ1v) is 10.9. The molecule has 2 aromatic rings. The van der Waals surface area contributed by atoms with Crippen LogP contribution in [0.1, 0.15) is 38.7 Å². The normalized spacial score (nSPS) is 18.2. The molecule has 3 heterocycles. The Morgan fingerprint density at radius 3 is 2.23 bits per heavy atom. The van der Waals surface area contributed by atoms with Crippen molar-refractivity contribution in [2.75, 3.05) is 33.2 Å². The molecule has 4 rings (SSSR count). The molecule has 0 aliphatic carbocycles. The molecule has 2 saturated heterocycles. The first-order valence-electron chi connectivity index (χ1n) is 10.9. The molecule has 2 unspecified atom stereocenters. The Kier molecular flexibility index (Phi) is 18.3. The summed E-state index contributed by atoms with van der Waals surface area (Å²) in [6.07, 6.45) is 6.68. The standard InChI is InChI=1S/C10H9NO.C6H14N2.C4H9NO.C2H6.CH2O2/c1-8-2-4-9(5-3-8)10-6-11-7-12-10;1-7-4-2-6-3-5-8-6;6-4-1-2-5-3-4;1-2;2-1-3/h2-7H,1H3;6-8H,2-5H2,1H3;4-6H,1-3H2;1-2H3;1H,(H,2,3). The highest BCUT2D eigenvalue weighted by Crippen LogP contribution is 2.18. The maximum atomic E-state index is 8.67. The lowest BCUT2D eigenvalue weighted by atomic mass is 10.0. The van der Waals surface area contributed by atoms with Crippen LogP contribution in [0.3, 0.4) is 0 Å². The summed E-state index contributed by atoms with van der Waals surface area (Å²) in [7, 11) is 2.00. The van der Waals surface area contributed by atoms with Crippen LogP contribution in [0.4, 0.5) is 0 Å². The molecule has 5 N–H and O–H groups in total. The second-order valence-corrected chi connectivity index (χ2v) is 6.82. The number of benzene rings is 1. The van der Waals surface area contributed by atoms with Crippen LogP contribution in [-0.2, 0) is 4.79 Å². The molecule has 31 heavy (non-hydrogen) atoms. The van der Waals surface area contributed by atoms with Gasteiger partial charge < -0.3 is 30.6 Å². The lowest BCUT2D eigenvalue weighted by molar-refractivity contribution is -0.122. The molecule has 0 radical (unpaired) electrons. The van der Waals surface area contributed by atoms with Crippen LogP contribution in [0.5, 0.6) is 0 Å². The number of aromatic nitrogens is 1. The Bertz CT molecular complexity index is 626. The summed E-state index contributed by atoms with van der Waals surface area (Å²) in [6, 6.07) is 8.98. The van der Waals surface area contributed by atoms with E-state index in [4.69, 9.17) is 19.4 Å². The fourth-order valence-corrected chi connectivity index (χ4v) is 2.63. The van der Waals surface area contributed by atoms with Crippen LogP contribution in [0.15, 0.2) is 41.3 Å². The molecule has 0 amide bonds. The lowest BCUT2D eigenvalue weighted by Crippen LogP contribution is -2.44. The van der Waals surface area contributed by atoms with Gasteiger partial charge in [-0.2, -0.15) is 0 Å². The Morgan fingerprint density at radius 2 is 1.87 bits per heavy atom. The first-order chi connectivity index (χ1) is 15.1. The molecule has 1 aromatic heterocycles. The Morgan fingerprint density at radius 1 is 1.23 bits per heavy atom. The van der Waals surface area contributed by atoms with Gasteiger partial charge in [0.2, 0.25) is 0 Å². The molecule has 2 atom stereocenters. The number of nitrogens with one attached hydrogen (secondary N) is 3. The van der Waals surface area contributed by atoms with Crippen LogP contribution < -0.4 is 16.0 Å². The van der Waals surface area contributed by atoms with E-state index in [1.54, 1.807) is 6.20 Å². The maximum absolute atomic E-state index is 8.67. The van der Waals surface area contributed by atoms with Gasteiger partial charge in [0.15, 0.2) is 12.2 Å². The molecule has 0 spiro atoms.